The molecular formula is C27H28F3N5O4. The Bertz CT molecular complexity index is 1290. The van der Waals surface area contributed by atoms with Crippen molar-refractivity contribution in [2.75, 3.05) is 19.6 Å². The van der Waals surface area contributed by atoms with E-state index >= 15 is 0 Å². The maximum atomic E-state index is 13.4. The molecule has 1 aliphatic rings. The Morgan fingerprint density at radius 2 is 1.54 bits per heavy atom. The summed E-state index contributed by atoms with van der Waals surface area (Å²) in [5.74, 6) is 0.361. The molecule has 0 radical (unpaired) electrons. The van der Waals surface area contributed by atoms with Gasteiger partial charge in [0.25, 0.3) is 5.91 Å². The molecule has 1 fully saturated rings. The third-order valence-electron chi connectivity index (χ3n) is 6.20. The van der Waals surface area contributed by atoms with Crippen molar-refractivity contribution < 1.29 is 32.2 Å². The fourth-order valence-electron chi connectivity index (χ4n) is 4.20. The maximum absolute atomic E-state index is 13.4. The van der Waals surface area contributed by atoms with E-state index < -0.39 is 12.1 Å². The maximum Gasteiger partial charge on any atom is 0.573 e. The molecule has 39 heavy (non-hydrogen) atoms. The summed E-state index contributed by atoms with van der Waals surface area (Å²) in [5.41, 5.74) is 11.9. The summed E-state index contributed by atoms with van der Waals surface area (Å²) in [4.78, 5) is 19.6. The molecule has 1 saturated heterocycles. The number of alkyl halides is 3. The molecule has 0 saturated carbocycles. The van der Waals surface area contributed by atoms with E-state index in [-0.39, 0.29) is 34.8 Å². The van der Waals surface area contributed by atoms with Crippen molar-refractivity contribution in [1.82, 2.24) is 9.88 Å². The van der Waals surface area contributed by atoms with Gasteiger partial charge in [0.15, 0.2) is 0 Å². The van der Waals surface area contributed by atoms with Gasteiger partial charge in [0.1, 0.15) is 28.6 Å². The number of ether oxygens (including phenoxy) is 3. The van der Waals surface area contributed by atoms with Gasteiger partial charge in [-0.25, -0.2) is 0 Å². The van der Waals surface area contributed by atoms with Gasteiger partial charge in [-0.15, -0.1) is 13.2 Å². The van der Waals surface area contributed by atoms with Crippen LogP contribution in [0, 0.1) is 11.3 Å². The first kappa shape index (κ1) is 27.7. The molecule has 0 unspecified atom stereocenters. The van der Waals surface area contributed by atoms with Crippen molar-refractivity contribution >= 4 is 11.7 Å². The van der Waals surface area contributed by atoms with E-state index in [1.54, 1.807) is 29.2 Å². The summed E-state index contributed by atoms with van der Waals surface area (Å²) in [6.07, 6.45) is -2.17. The lowest BCUT2D eigenvalue weighted by atomic mass is 9.93. The molecule has 1 aromatic heterocycles. The van der Waals surface area contributed by atoms with Crippen LogP contribution in [0.15, 0.2) is 60.7 Å². The van der Waals surface area contributed by atoms with Crippen LogP contribution in [0.25, 0.3) is 0 Å². The zero-order chi connectivity index (χ0) is 28.0. The number of nitrogens with one attached hydrogen (secondary N) is 1. The van der Waals surface area contributed by atoms with Crippen molar-refractivity contribution in [1.29, 1.82) is 5.41 Å². The number of nitrogens with zero attached hydrogens (tertiary/aromatic N) is 2. The van der Waals surface area contributed by atoms with E-state index in [0.717, 1.165) is 31.4 Å². The van der Waals surface area contributed by atoms with E-state index in [1.807, 2.05) is 0 Å². The van der Waals surface area contributed by atoms with Gasteiger partial charge in [-0.1, -0.05) is 0 Å². The number of carbonyl (C=O) groups is 1. The molecule has 0 spiro atoms. The minimum atomic E-state index is -4.80. The van der Waals surface area contributed by atoms with Crippen LogP contribution in [0.3, 0.4) is 0 Å². The summed E-state index contributed by atoms with van der Waals surface area (Å²) in [6, 6.07) is 14.3. The number of amidine groups is 1. The number of nitrogen functional groups attached to an aromatic ring is 1. The van der Waals surface area contributed by atoms with Crippen molar-refractivity contribution in [2.45, 2.75) is 25.6 Å². The zero-order valence-electron chi connectivity index (χ0n) is 20.9. The highest BCUT2D eigenvalue weighted by Crippen LogP contribution is 2.32. The highest BCUT2D eigenvalue weighted by Gasteiger charge is 2.31. The normalized spacial score (nSPS) is 14.1. The van der Waals surface area contributed by atoms with E-state index in [0.29, 0.717) is 36.9 Å². The number of halogens is 3. The van der Waals surface area contributed by atoms with Crippen LogP contribution in [0.4, 0.5) is 13.2 Å². The molecule has 9 nitrogen and oxygen atoms in total. The van der Waals surface area contributed by atoms with Crippen LogP contribution in [-0.4, -0.2) is 47.6 Å². The lowest BCUT2D eigenvalue weighted by molar-refractivity contribution is -0.274. The summed E-state index contributed by atoms with van der Waals surface area (Å²) in [7, 11) is 0. The van der Waals surface area contributed by atoms with Gasteiger partial charge in [0.2, 0.25) is 11.8 Å². The first-order valence-electron chi connectivity index (χ1n) is 12.3. The monoisotopic (exact) mass is 543 g/mol. The van der Waals surface area contributed by atoms with Gasteiger partial charge in [-0.3, -0.25) is 10.2 Å². The molecule has 12 heteroatoms. The van der Waals surface area contributed by atoms with Crippen LogP contribution in [0.1, 0.15) is 35.2 Å². The molecule has 206 valence electrons. The second-order valence-electron chi connectivity index (χ2n) is 8.98. The first-order chi connectivity index (χ1) is 18.6. The van der Waals surface area contributed by atoms with Gasteiger partial charge in [0, 0.05) is 24.7 Å². The van der Waals surface area contributed by atoms with Gasteiger partial charge in [-0.05, 0) is 86.3 Å². The minimum Gasteiger partial charge on any atom is -0.439 e. The number of likely N-dealkylation sites (tertiary alicyclic amines) is 1. The summed E-state index contributed by atoms with van der Waals surface area (Å²) in [6.45, 7) is 1.78. The second kappa shape index (κ2) is 12.0. The van der Waals surface area contributed by atoms with E-state index in [4.69, 9.17) is 26.4 Å². The van der Waals surface area contributed by atoms with Crippen molar-refractivity contribution in [3.63, 3.8) is 0 Å². The number of aromatic nitrogens is 1. The number of piperidine rings is 1. The van der Waals surface area contributed by atoms with Crippen LogP contribution in [0.2, 0.25) is 0 Å². The summed E-state index contributed by atoms with van der Waals surface area (Å²) >= 11 is 0. The van der Waals surface area contributed by atoms with Crippen LogP contribution >= 0.6 is 0 Å². The third-order valence-corrected chi connectivity index (χ3v) is 6.20. The Balaban J connectivity index is 1.57. The topological polar surface area (TPSA) is 137 Å². The van der Waals surface area contributed by atoms with Gasteiger partial charge in [0.05, 0.1) is 0 Å². The molecule has 4 rings (SSSR count). The van der Waals surface area contributed by atoms with Gasteiger partial charge < -0.3 is 30.6 Å². The number of hydrogen-bond donors (Lipinski definition) is 3. The highest BCUT2D eigenvalue weighted by atomic mass is 19.4. The number of carbonyl (C=O) groups excluding carboxylic acids is 1. The van der Waals surface area contributed by atoms with Crippen LogP contribution in [-0.2, 0) is 0 Å². The predicted octanol–water partition coefficient (Wildman–Crippen LogP) is 5.05. The summed E-state index contributed by atoms with van der Waals surface area (Å²) < 4.78 is 52.8. The Kier molecular flexibility index (Phi) is 8.55. The quantitative estimate of drug-likeness (QED) is 0.254. The largest absolute Gasteiger partial charge is 0.573 e. The van der Waals surface area contributed by atoms with Crippen molar-refractivity contribution in [2.24, 2.45) is 17.4 Å². The Labute approximate surface area is 223 Å². The lowest BCUT2D eigenvalue weighted by Gasteiger charge is -2.32. The third kappa shape index (κ3) is 7.60. The Morgan fingerprint density at radius 3 is 2.13 bits per heavy atom. The van der Waals surface area contributed by atoms with E-state index in [9.17, 15) is 18.0 Å². The van der Waals surface area contributed by atoms with Gasteiger partial charge >= 0.3 is 6.36 Å². The Hall–Kier alpha value is -4.32. The smallest absolute Gasteiger partial charge is 0.439 e. The van der Waals surface area contributed by atoms with Gasteiger partial charge in [-0.2, -0.15) is 4.98 Å². The molecule has 1 amide bonds. The number of rotatable bonds is 9. The lowest BCUT2D eigenvalue weighted by Crippen LogP contribution is -2.39. The average molecular weight is 544 g/mol. The molecular weight excluding hydrogens is 515 g/mol. The standard InChI is InChI=1S/C27H28F3N5O4/c28-27(29,30)39-21-7-5-19(6-8-21)37-23-10-9-22(26(36)35-15-12-17(11-14-31)13-16-35)25(34-23)38-20-3-1-18(2-4-20)24(32)33/h1-10,17H,11-16,31H2,(H3,32,33). The number of hydrogen-bond acceptors (Lipinski definition) is 7. The highest BCUT2D eigenvalue weighted by molar-refractivity contribution is 5.97. The van der Waals surface area contributed by atoms with E-state index in [2.05, 4.69) is 9.72 Å². The predicted molar refractivity (Wildman–Crippen MR) is 137 cm³/mol. The first-order valence-corrected chi connectivity index (χ1v) is 12.3. The number of amides is 1. The molecule has 2 heterocycles. The molecule has 5 N–H and O–H groups in total. The zero-order valence-corrected chi connectivity index (χ0v) is 20.9. The molecule has 0 aliphatic carbocycles. The molecule has 0 bridgehead atoms. The second-order valence-corrected chi connectivity index (χ2v) is 8.98. The molecule has 0 atom stereocenters. The molecule has 3 aromatic rings. The molecule has 1 aliphatic heterocycles. The number of nitrogens with two attached hydrogens (primary N) is 2. The van der Waals surface area contributed by atoms with Crippen molar-refractivity contribution in [3.05, 3.63) is 71.8 Å². The Morgan fingerprint density at radius 1 is 0.949 bits per heavy atom. The van der Waals surface area contributed by atoms with Crippen LogP contribution < -0.4 is 25.7 Å². The SMILES string of the molecule is N=C(N)c1ccc(Oc2nc(Oc3ccc(OC(F)(F)F)cc3)ccc2C(=O)N2CCC(CCN)CC2)cc1. The van der Waals surface area contributed by atoms with E-state index in [1.165, 1.54) is 24.3 Å². The number of pyridine rings is 1. The fraction of sp³-hybridized carbons (Fsp3) is 0.296. The molecule has 2 aromatic carbocycles. The number of benzene rings is 2. The average Bonchev–Trinajstić information content (AvgIpc) is 2.90. The fourth-order valence-corrected chi connectivity index (χ4v) is 4.20. The summed E-state index contributed by atoms with van der Waals surface area (Å²) in [5, 5.41) is 7.55. The minimum absolute atomic E-state index is 0.00539. The van der Waals surface area contributed by atoms with Crippen LogP contribution in [0.5, 0.6) is 29.0 Å². The van der Waals surface area contributed by atoms with Crippen molar-refractivity contribution in [3.8, 4) is 29.0 Å².